The Morgan fingerprint density at radius 1 is 0.878 bits per heavy atom. The van der Waals surface area contributed by atoms with Crippen molar-refractivity contribution < 1.29 is 22.7 Å². The van der Waals surface area contributed by atoms with Crippen molar-refractivity contribution in [3.05, 3.63) is 120 Å². The Bertz CT molecular complexity index is 1550. The molecule has 4 aromatic rings. The van der Waals surface area contributed by atoms with Crippen LogP contribution >= 0.6 is 0 Å². The molecule has 1 atom stereocenters. The zero-order valence-corrected chi connectivity index (χ0v) is 23.8. The van der Waals surface area contributed by atoms with Gasteiger partial charge in [-0.25, -0.2) is 13.1 Å². The Hall–Kier alpha value is -4.17. The van der Waals surface area contributed by atoms with E-state index in [1.165, 1.54) is 25.0 Å². The van der Waals surface area contributed by atoms with Crippen LogP contribution in [0.2, 0.25) is 0 Å². The molecule has 0 bridgehead atoms. The van der Waals surface area contributed by atoms with E-state index in [1.54, 1.807) is 37.7 Å². The molecule has 5 rings (SSSR count). The lowest BCUT2D eigenvalue weighted by Crippen LogP contribution is -2.31. The number of hydrogen-bond donors (Lipinski definition) is 1. The van der Waals surface area contributed by atoms with Gasteiger partial charge in [0.25, 0.3) is 10.0 Å². The zero-order valence-electron chi connectivity index (χ0n) is 23.0. The summed E-state index contributed by atoms with van der Waals surface area (Å²) in [6, 6.07) is 25.8. The molecular weight excluding hydrogens is 536 g/mol. The maximum atomic E-state index is 12.6. The molecule has 1 aliphatic rings. The van der Waals surface area contributed by atoms with Gasteiger partial charge in [-0.05, 0) is 90.8 Å². The Balaban J connectivity index is 1.37. The zero-order chi connectivity index (χ0) is 28.7. The van der Waals surface area contributed by atoms with Gasteiger partial charge >= 0.3 is 0 Å². The number of hydrogen-bond acceptors (Lipinski definition) is 6. The van der Waals surface area contributed by atoms with E-state index in [1.807, 2.05) is 42.5 Å². The van der Waals surface area contributed by atoms with Crippen LogP contribution in [0.25, 0.3) is 0 Å². The number of carbonyl (C=O) groups is 1. The second-order valence-electron chi connectivity index (χ2n) is 10.3. The van der Waals surface area contributed by atoms with Crippen molar-refractivity contribution in [2.24, 2.45) is 0 Å². The highest BCUT2D eigenvalue weighted by molar-refractivity contribution is 7.90. The van der Waals surface area contributed by atoms with Crippen LogP contribution in [0.15, 0.2) is 102 Å². The van der Waals surface area contributed by atoms with E-state index in [4.69, 9.17) is 9.47 Å². The summed E-state index contributed by atoms with van der Waals surface area (Å²) in [5.41, 5.74) is 4.03. The Labute approximate surface area is 241 Å². The standard InChI is InChI=1S/C33H34N2O5S/c1-39-31-16-15-27(23-32(31)40-28-7-5-6-8-28)30(21-25-17-19-34-20-18-25)26-13-11-24(12-14-26)22-33(36)35-41(37,38)29-9-3-2-4-10-29/h2-4,9-20,23,28,30H,5-8,21-22H2,1H3,(H,35,36). The van der Waals surface area contributed by atoms with Gasteiger partial charge in [0, 0.05) is 18.3 Å². The van der Waals surface area contributed by atoms with Gasteiger partial charge in [-0.1, -0.05) is 48.5 Å². The number of amides is 1. The number of ether oxygens (including phenoxy) is 2. The monoisotopic (exact) mass is 570 g/mol. The van der Waals surface area contributed by atoms with Crippen LogP contribution in [-0.4, -0.2) is 32.5 Å². The van der Waals surface area contributed by atoms with Crippen molar-refractivity contribution in [2.75, 3.05) is 7.11 Å². The summed E-state index contributed by atoms with van der Waals surface area (Å²) in [6.45, 7) is 0. The largest absolute Gasteiger partial charge is 0.493 e. The number of nitrogens with zero attached hydrogens (tertiary/aromatic N) is 1. The van der Waals surface area contributed by atoms with E-state index in [9.17, 15) is 13.2 Å². The Morgan fingerprint density at radius 3 is 2.24 bits per heavy atom. The van der Waals surface area contributed by atoms with Crippen molar-refractivity contribution in [3.8, 4) is 11.5 Å². The first-order valence-corrected chi connectivity index (χ1v) is 15.3. The molecule has 1 unspecified atom stereocenters. The number of rotatable bonds is 11. The fourth-order valence-corrected chi connectivity index (χ4v) is 6.27. The Kier molecular flexibility index (Phi) is 8.99. The summed E-state index contributed by atoms with van der Waals surface area (Å²) in [5, 5.41) is 0. The smallest absolute Gasteiger partial charge is 0.264 e. The van der Waals surface area contributed by atoms with E-state index >= 15 is 0 Å². The van der Waals surface area contributed by atoms with Gasteiger partial charge < -0.3 is 9.47 Å². The highest BCUT2D eigenvalue weighted by atomic mass is 32.2. The molecule has 7 nitrogen and oxygen atoms in total. The van der Waals surface area contributed by atoms with E-state index in [0.717, 1.165) is 53.0 Å². The minimum Gasteiger partial charge on any atom is -0.493 e. The van der Waals surface area contributed by atoms with Gasteiger partial charge in [0.2, 0.25) is 5.91 Å². The van der Waals surface area contributed by atoms with E-state index in [2.05, 4.69) is 21.8 Å². The van der Waals surface area contributed by atoms with E-state index in [0.29, 0.717) is 0 Å². The molecule has 0 saturated heterocycles. The normalized spacial score (nSPS) is 14.4. The highest BCUT2D eigenvalue weighted by Gasteiger charge is 2.22. The predicted molar refractivity (Wildman–Crippen MR) is 158 cm³/mol. The quantitative estimate of drug-likeness (QED) is 0.244. The van der Waals surface area contributed by atoms with Crippen molar-refractivity contribution in [1.82, 2.24) is 9.71 Å². The minimum absolute atomic E-state index is 0.00979. The van der Waals surface area contributed by atoms with Gasteiger partial charge in [0.15, 0.2) is 11.5 Å². The SMILES string of the molecule is COc1ccc(C(Cc2ccncc2)c2ccc(CC(=O)NS(=O)(=O)c3ccccc3)cc2)cc1OC1CCCC1. The van der Waals surface area contributed by atoms with Gasteiger partial charge in [0.1, 0.15) is 0 Å². The molecule has 1 heterocycles. The molecule has 1 amide bonds. The third-order valence-electron chi connectivity index (χ3n) is 7.42. The van der Waals surface area contributed by atoms with Crippen molar-refractivity contribution in [1.29, 1.82) is 0 Å². The van der Waals surface area contributed by atoms with Gasteiger partial charge in [-0.15, -0.1) is 0 Å². The first kappa shape index (κ1) is 28.4. The fourth-order valence-electron chi connectivity index (χ4n) is 5.27. The van der Waals surface area contributed by atoms with Gasteiger partial charge in [-0.3, -0.25) is 9.78 Å². The number of carbonyl (C=O) groups excluding carboxylic acids is 1. The molecule has 3 aromatic carbocycles. The molecule has 1 N–H and O–H groups in total. The van der Waals surface area contributed by atoms with Crippen molar-refractivity contribution in [2.45, 2.75) is 55.4 Å². The van der Waals surface area contributed by atoms with Crippen LogP contribution in [0, 0.1) is 0 Å². The predicted octanol–water partition coefficient (Wildman–Crippen LogP) is 5.83. The number of sulfonamides is 1. The number of aromatic nitrogens is 1. The molecule has 8 heteroatoms. The molecule has 0 spiro atoms. The number of benzene rings is 3. The maximum Gasteiger partial charge on any atom is 0.264 e. The third kappa shape index (κ3) is 7.32. The van der Waals surface area contributed by atoms with Crippen LogP contribution < -0.4 is 14.2 Å². The molecule has 1 saturated carbocycles. The van der Waals surface area contributed by atoms with E-state index in [-0.39, 0.29) is 23.3 Å². The van der Waals surface area contributed by atoms with E-state index < -0.39 is 15.9 Å². The number of pyridine rings is 1. The first-order valence-electron chi connectivity index (χ1n) is 13.8. The molecule has 1 aromatic heterocycles. The summed E-state index contributed by atoms with van der Waals surface area (Å²) in [6.07, 6.45) is 8.94. The summed E-state index contributed by atoms with van der Waals surface area (Å²) >= 11 is 0. The molecule has 0 aliphatic heterocycles. The second kappa shape index (κ2) is 13.0. The molecule has 1 fully saturated rings. The average molecular weight is 571 g/mol. The summed E-state index contributed by atoms with van der Waals surface area (Å²) < 4.78 is 39.2. The molecule has 41 heavy (non-hydrogen) atoms. The lowest BCUT2D eigenvalue weighted by molar-refractivity contribution is -0.118. The van der Waals surface area contributed by atoms with Crippen LogP contribution in [-0.2, 0) is 27.7 Å². The summed E-state index contributed by atoms with van der Waals surface area (Å²) in [5.74, 6) is 0.897. The molecule has 212 valence electrons. The lowest BCUT2D eigenvalue weighted by Gasteiger charge is -2.22. The number of methoxy groups -OCH3 is 1. The fraction of sp³-hybridized carbons (Fsp3) is 0.273. The van der Waals surface area contributed by atoms with Gasteiger partial charge in [0.05, 0.1) is 24.5 Å². The van der Waals surface area contributed by atoms with Crippen LogP contribution in [0.4, 0.5) is 0 Å². The van der Waals surface area contributed by atoms with Crippen LogP contribution in [0.1, 0.15) is 53.9 Å². The topological polar surface area (TPSA) is 94.6 Å². The second-order valence-corrected chi connectivity index (χ2v) is 12.0. The average Bonchev–Trinajstić information content (AvgIpc) is 3.50. The van der Waals surface area contributed by atoms with Crippen molar-refractivity contribution in [3.63, 3.8) is 0 Å². The maximum absolute atomic E-state index is 12.6. The molecule has 0 radical (unpaired) electrons. The van der Waals surface area contributed by atoms with Crippen LogP contribution in [0.5, 0.6) is 11.5 Å². The summed E-state index contributed by atoms with van der Waals surface area (Å²) in [4.78, 5) is 16.8. The minimum atomic E-state index is -3.92. The molecule has 1 aliphatic carbocycles. The lowest BCUT2D eigenvalue weighted by atomic mass is 9.85. The van der Waals surface area contributed by atoms with Crippen molar-refractivity contribution >= 4 is 15.9 Å². The third-order valence-corrected chi connectivity index (χ3v) is 8.81. The Morgan fingerprint density at radius 2 is 1.56 bits per heavy atom. The van der Waals surface area contributed by atoms with Gasteiger partial charge in [-0.2, -0.15) is 0 Å². The van der Waals surface area contributed by atoms with Crippen LogP contribution in [0.3, 0.4) is 0 Å². The number of nitrogens with one attached hydrogen (secondary N) is 1. The summed E-state index contributed by atoms with van der Waals surface area (Å²) in [7, 11) is -2.26. The molecular formula is C33H34N2O5S. The highest BCUT2D eigenvalue weighted by Crippen LogP contribution is 2.37. The first-order chi connectivity index (χ1) is 19.9.